The Kier molecular flexibility index (Phi) is 4.45. The molecule has 0 aliphatic carbocycles. The molecule has 1 aromatic carbocycles. The van der Waals surface area contributed by atoms with Gasteiger partial charge in [0.15, 0.2) is 4.96 Å². The fraction of sp³-hybridized carbons (Fsp3) is 0.214. The molecule has 0 aliphatic heterocycles. The van der Waals surface area contributed by atoms with E-state index in [0.717, 1.165) is 27.5 Å². The topological polar surface area (TPSA) is 29.3 Å². The van der Waals surface area contributed by atoms with Gasteiger partial charge in [-0.15, -0.1) is 11.3 Å². The van der Waals surface area contributed by atoms with Gasteiger partial charge in [0.25, 0.3) is 0 Å². The van der Waals surface area contributed by atoms with Crippen LogP contribution in [0.2, 0.25) is 0 Å². The second-order valence-electron chi connectivity index (χ2n) is 4.26. The molecule has 0 radical (unpaired) electrons. The minimum Gasteiger partial charge on any atom is -0.311 e. The average molecular weight is 368 g/mol. The fourth-order valence-corrected chi connectivity index (χ4v) is 4.26. The molecule has 3 rings (SSSR count). The van der Waals surface area contributed by atoms with Crippen molar-refractivity contribution in [3.8, 4) is 0 Å². The summed E-state index contributed by atoms with van der Waals surface area (Å²) in [5.74, 6) is 0. The zero-order valence-electron chi connectivity index (χ0n) is 11.0. The van der Waals surface area contributed by atoms with E-state index < -0.39 is 0 Å². The summed E-state index contributed by atoms with van der Waals surface area (Å²) in [6, 6.07) is 8.32. The van der Waals surface area contributed by atoms with Crippen LogP contribution in [-0.4, -0.2) is 15.9 Å². The van der Waals surface area contributed by atoms with Gasteiger partial charge in [0.2, 0.25) is 0 Å². The maximum absolute atomic E-state index is 4.74. The molecule has 6 heteroatoms. The summed E-state index contributed by atoms with van der Waals surface area (Å²) in [5.41, 5.74) is 1.23. The van der Waals surface area contributed by atoms with E-state index in [4.69, 9.17) is 4.98 Å². The van der Waals surface area contributed by atoms with E-state index >= 15 is 0 Å². The van der Waals surface area contributed by atoms with E-state index in [-0.39, 0.29) is 0 Å². The molecule has 0 saturated carbocycles. The molecule has 0 fully saturated rings. The van der Waals surface area contributed by atoms with Gasteiger partial charge >= 0.3 is 0 Å². The highest BCUT2D eigenvalue weighted by Gasteiger charge is 2.14. The van der Waals surface area contributed by atoms with Crippen LogP contribution >= 0.6 is 39.0 Å². The molecule has 3 aromatic rings. The highest BCUT2D eigenvalue weighted by Crippen LogP contribution is 2.32. The molecule has 20 heavy (non-hydrogen) atoms. The van der Waals surface area contributed by atoms with Crippen molar-refractivity contribution in [1.29, 1.82) is 0 Å². The van der Waals surface area contributed by atoms with Crippen LogP contribution in [0.3, 0.4) is 0 Å². The minimum atomic E-state index is 0.838. The van der Waals surface area contributed by atoms with Gasteiger partial charge in [0, 0.05) is 27.5 Å². The first kappa shape index (κ1) is 14.1. The van der Waals surface area contributed by atoms with Crippen LogP contribution in [-0.2, 0) is 6.54 Å². The first-order valence-electron chi connectivity index (χ1n) is 6.36. The average Bonchev–Trinajstić information content (AvgIpc) is 2.98. The van der Waals surface area contributed by atoms with Crippen LogP contribution in [0.4, 0.5) is 0 Å². The van der Waals surface area contributed by atoms with Crippen molar-refractivity contribution in [2.45, 2.75) is 23.4 Å². The number of hydrogen-bond donors (Lipinski definition) is 1. The van der Waals surface area contributed by atoms with E-state index in [1.54, 1.807) is 23.1 Å². The molecular weight excluding hydrogens is 354 g/mol. The molecule has 0 amide bonds. The van der Waals surface area contributed by atoms with Crippen LogP contribution in [0.1, 0.15) is 12.6 Å². The van der Waals surface area contributed by atoms with Crippen LogP contribution < -0.4 is 5.32 Å². The Morgan fingerprint density at radius 3 is 3.15 bits per heavy atom. The highest BCUT2D eigenvalue weighted by molar-refractivity contribution is 9.10. The molecular formula is C14H14BrN3S2. The van der Waals surface area contributed by atoms with E-state index in [9.17, 15) is 0 Å². The third kappa shape index (κ3) is 2.93. The maximum atomic E-state index is 4.74. The number of benzene rings is 1. The lowest BCUT2D eigenvalue weighted by atomic mass is 10.4. The first-order valence-corrected chi connectivity index (χ1v) is 8.85. The van der Waals surface area contributed by atoms with Gasteiger partial charge in [0.05, 0.1) is 5.69 Å². The van der Waals surface area contributed by atoms with E-state index in [0.29, 0.717) is 0 Å². The van der Waals surface area contributed by atoms with Crippen molar-refractivity contribution in [2.75, 3.05) is 6.54 Å². The SMILES string of the molecule is CCNCc1c(Sc2cccc(Br)c2)nc2sccn12. The smallest absolute Gasteiger partial charge is 0.194 e. The first-order chi connectivity index (χ1) is 9.78. The summed E-state index contributed by atoms with van der Waals surface area (Å²) in [6.07, 6.45) is 2.09. The lowest BCUT2D eigenvalue weighted by Gasteiger charge is -2.05. The third-order valence-electron chi connectivity index (χ3n) is 2.88. The fourth-order valence-electron chi connectivity index (χ4n) is 1.94. The summed E-state index contributed by atoms with van der Waals surface area (Å²) in [4.78, 5) is 6.99. The zero-order chi connectivity index (χ0) is 13.9. The Morgan fingerprint density at radius 2 is 2.35 bits per heavy atom. The Balaban J connectivity index is 1.95. The maximum Gasteiger partial charge on any atom is 0.194 e. The third-order valence-corrected chi connectivity index (χ3v) is 5.14. The standard InChI is InChI=1S/C14H14BrN3S2/c1-2-16-9-12-13(17-14-18(12)6-7-19-14)20-11-5-3-4-10(15)8-11/h3-8,16H,2,9H2,1H3. The largest absolute Gasteiger partial charge is 0.311 e. The number of nitrogens with one attached hydrogen (secondary N) is 1. The Labute approximate surface area is 134 Å². The number of fused-ring (bicyclic) bond motifs is 1. The molecule has 3 nitrogen and oxygen atoms in total. The quantitative estimate of drug-likeness (QED) is 0.723. The van der Waals surface area contributed by atoms with E-state index in [2.05, 4.69) is 62.3 Å². The van der Waals surface area contributed by atoms with Crippen molar-refractivity contribution < 1.29 is 0 Å². The molecule has 104 valence electrons. The number of aromatic nitrogens is 2. The lowest BCUT2D eigenvalue weighted by Crippen LogP contribution is -2.13. The number of imidazole rings is 1. The molecule has 0 unspecified atom stereocenters. The molecule has 0 atom stereocenters. The molecule has 2 heterocycles. The number of halogens is 1. The minimum absolute atomic E-state index is 0.838. The van der Waals surface area contributed by atoms with Crippen molar-refractivity contribution in [3.05, 3.63) is 46.0 Å². The molecule has 0 saturated heterocycles. The van der Waals surface area contributed by atoms with Gasteiger partial charge in [-0.1, -0.05) is 40.7 Å². The lowest BCUT2D eigenvalue weighted by molar-refractivity contribution is 0.694. The summed E-state index contributed by atoms with van der Waals surface area (Å²) >= 11 is 6.90. The second kappa shape index (κ2) is 6.30. The molecule has 0 bridgehead atoms. The predicted molar refractivity (Wildman–Crippen MR) is 88.7 cm³/mol. The molecule has 0 spiro atoms. The normalized spacial score (nSPS) is 11.3. The van der Waals surface area contributed by atoms with Gasteiger partial charge in [-0.25, -0.2) is 4.98 Å². The number of hydrogen-bond acceptors (Lipinski definition) is 4. The Hall–Kier alpha value is -0.820. The van der Waals surface area contributed by atoms with E-state index in [1.807, 2.05) is 6.07 Å². The van der Waals surface area contributed by atoms with Gasteiger partial charge in [0.1, 0.15) is 5.03 Å². The van der Waals surface area contributed by atoms with Gasteiger partial charge in [-0.3, -0.25) is 4.40 Å². The van der Waals surface area contributed by atoms with Crippen LogP contribution in [0.5, 0.6) is 0 Å². The summed E-state index contributed by atoms with van der Waals surface area (Å²) < 4.78 is 3.27. The van der Waals surface area contributed by atoms with Crippen LogP contribution in [0, 0.1) is 0 Å². The molecule has 1 N–H and O–H groups in total. The van der Waals surface area contributed by atoms with E-state index in [1.165, 1.54) is 10.6 Å². The van der Waals surface area contributed by atoms with Crippen molar-refractivity contribution in [3.63, 3.8) is 0 Å². The van der Waals surface area contributed by atoms with Crippen molar-refractivity contribution in [1.82, 2.24) is 14.7 Å². The number of nitrogens with zero attached hydrogens (tertiary/aromatic N) is 2. The summed E-state index contributed by atoms with van der Waals surface area (Å²) in [6.45, 7) is 3.91. The van der Waals surface area contributed by atoms with Crippen LogP contribution in [0.25, 0.3) is 4.96 Å². The second-order valence-corrected chi connectivity index (χ2v) is 7.11. The molecule has 0 aliphatic rings. The van der Waals surface area contributed by atoms with Gasteiger partial charge < -0.3 is 5.32 Å². The predicted octanol–water partition coefficient (Wildman–Crippen LogP) is 4.42. The Bertz CT molecular complexity index is 720. The molecule has 2 aromatic heterocycles. The van der Waals surface area contributed by atoms with Gasteiger partial charge in [-0.2, -0.15) is 0 Å². The zero-order valence-corrected chi connectivity index (χ0v) is 14.2. The highest BCUT2D eigenvalue weighted by atomic mass is 79.9. The Morgan fingerprint density at radius 1 is 1.45 bits per heavy atom. The number of rotatable bonds is 5. The van der Waals surface area contributed by atoms with Crippen LogP contribution in [0.15, 0.2) is 50.2 Å². The van der Waals surface area contributed by atoms with Gasteiger partial charge in [-0.05, 0) is 24.7 Å². The van der Waals surface area contributed by atoms with Crippen molar-refractivity contribution in [2.24, 2.45) is 0 Å². The van der Waals surface area contributed by atoms with Crippen molar-refractivity contribution >= 4 is 44.0 Å². The summed E-state index contributed by atoms with van der Waals surface area (Å²) in [7, 11) is 0. The monoisotopic (exact) mass is 367 g/mol. The number of thiazole rings is 1. The summed E-state index contributed by atoms with van der Waals surface area (Å²) in [5, 5.41) is 6.55.